The number of nitrogens with zero attached hydrogens (tertiary/aromatic N) is 2. The van der Waals surface area contributed by atoms with E-state index < -0.39 is 16.7 Å². The molecule has 1 aromatic carbocycles. The van der Waals surface area contributed by atoms with Crippen LogP contribution in [0.3, 0.4) is 0 Å². The minimum atomic E-state index is -0.609. The predicted octanol–water partition coefficient (Wildman–Crippen LogP) is 3.27. The van der Waals surface area contributed by atoms with Crippen LogP contribution in [0.25, 0.3) is 10.2 Å². The molecule has 0 aliphatic carbocycles. The van der Waals surface area contributed by atoms with Crippen molar-refractivity contribution in [2.45, 2.75) is 46.7 Å². The Morgan fingerprint density at radius 3 is 2.38 bits per heavy atom. The van der Waals surface area contributed by atoms with Crippen LogP contribution in [0.15, 0.2) is 45.3 Å². The number of hydrogen-bond acceptors (Lipinski definition) is 6. The number of aromatic nitrogens is 2. The number of fused-ring (bicyclic) bond motifs is 1. The van der Waals surface area contributed by atoms with Gasteiger partial charge in [0.2, 0.25) is 5.91 Å². The van der Waals surface area contributed by atoms with Crippen molar-refractivity contribution >= 4 is 38.9 Å². The van der Waals surface area contributed by atoms with E-state index in [9.17, 15) is 19.2 Å². The third-order valence-electron chi connectivity index (χ3n) is 5.13. The van der Waals surface area contributed by atoms with Crippen molar-refractivity contribution in [2.24, 2.45) is 5.41 Å². The summed E-state index contributed by atoms with van der Waals surface area (Å²) in [7, 11) is 1.57. The molecular formula is C23H27N3O5S. The number of ether oxygens (including phenoxy) is 1. The SMILES string of the molecule is COc1ccc(NC(=O)CCCn2c(=O)c3sccc3n(CC(=O)C(C)(C)C)c2=O)cc1. The van der Waals surface area contributed by atoms with Crippen LogP contribution in [-0.2, 0) is 22.7 Å². The molecule has 2 heterocycles. The summed E-state index contributed by atoms with van der Waals surface area (Å²) in [5.41, 5.74) is -0.432. The Morgan fingerprint density at radius 2 is 1.75 bits per heavy atom. The van der Waals surface area contributed by atoms with E-state index in [1.165, 1.54) is 15.9 Å². The Balaban J connectivity index is 1.75. The molecule has 170 valence electrons. The fraction of sp³-hybridized carbons (Fsp3) is 0.391. The second kappa shape index (κ2) is 9.52. The molecule has 0 aliphatic rings. The smallest absolute Gasteiger partial charge is 0.331 e. The van der Waals surface area contributed by atoms with Gasteiger partial charge in [0.1, 0.15) is 10.4 Å². The summed E-state index contributed by atoms with van der Waals surface area (Å²) >= 11 is 1.24. The molecule has 32 heavy (non-hydrogen) atoms. The molecule has 3 rings (SSSR count). The number of rotatable bonds is 8. The molecule has 0 radical (unpaired) electrons. The molecule has 1 N–H and O–H groups in total. The topological polar surface area (TPSA) is 99.4 Å². The number of nitrogens with one attached hydrogen (secondary N) is 1. The zero-order valence-electron chi connectivity index (χ0n) is 18.6. The first-order valence-corrected chi connectivity index (χ1v) is 11.2. The number of amides is 1. The highest BCUT2D eigenvalue weighted by Crippen LogP contribution is 2.19. The average molecular weight is 458 g/mol. The molecule has 0 saturated carbocycles. The van der Waals surface area contributed by atoms with Gasteiger partial charge in [-0.05, 0) is 42.1 Å². The van der Waals surface area contributed by atoms with Gasteiger partial charge in [-0.15, -0.1) is 11.3 Å². The zero-order chi connectivity index (χ0) is 23.5. The molecule has 2 aromatic heterocycles. The van der Waals surface area contributed by atoms with Crippen LogP contribution in [0, 0.1) is 5.41 Å². The van der Waals surface area contributed by atoms with Crippen molar-refractivity contribution in [3.05, 3.63) is 56.5 Å². The Bertz CT molecular complexity index is 1250. The predicted molar refractivity (Wildman–Crippen MR) is 126 cm³/mol. The number of thiophene rings is 1. The van der Waals surface area contributed by atoms with E-state index in [1.807, 2.05) is 0 Å². The van der Waals surface area contributed by atoms with E-state index in [4.69, 9.17) is 4.74 Å². The molecule has 1 amide bonds. The summed E-state index contributed by atoms with van der Waals surface area (Å²) in [5.74, 6) is 0.368. The number of methoxy groups -OCH3 is 1. The maximum Gasteiger partial charge on any atom is 0.331 e. The van der Waals surface area contributed by atoms with Crippen molar-refractivity contribution < 1.29 is 14.3 Å². The average Bonchev–Trinajstić information content (AvgIpc) is 3.23. The first-order valence-electron chi connectivity index (χ1n) is 10.3. The Labute approximate surface area is 189 Å². The number of benzene rings is 1. The van der Waals surface area contributed by atoms with E-state index >= 15 is 0 Å². The quantitative estimate of drug-likeness (QED) is 0.560. The van der Waals surface area contributed by atoms with Crippen molar-refractivity contribution in [3.8, 4) is 5.75 Å². The third kappa shape index (κ3) is 5.16. The molecule has 3 aromatic rings. The number of carbonyl (C=O) groups excluding carboxylic acids is 2. The Morgan fingerprint density at radius 1 is 1.06 bits per heavy atom. The van der Waals surface area contributed by atoms with Crippen LogP contribution in [-0.4, -0.2) is 27.9 Å². The first kappa shape index (κ1) is 23.5. The molecule has 0 spiro atoms. The molecule has 0 atom stereocenters. The van der Waals surface area contributed by atoms with Crippen LogP contribution in [0.1, 0.15) is 33.6 Å². The summed E-state index contributed by atoms with van der Waals surface area (Å²) in [6, 6.07) is 8.64. The third-order valence-corrected chi connectivity index (χ3v) is 6.03. The van der Waals surface area contributed by atoms with Crippen LogP contribution in [0.4, 0.5) is 5.69 Å². The van der Waals surface area contributed by atoms with Crippen molar-refractivity contribution in [1.29, 1.82) is 0 Å². The molecule has 8 nitrogen and oxygen atoms in total. The first-order chi connectivity index (χ1) is 15.1. The lowest BCUT2D eigenvalue weighted by molar-refractivity contribution is -0.126. The lowest BCUT2D eigenvalue weighted by Gasteiger charge is -2.18. The normalized spacial score (nSPS) is 11.5. The molecule has 0 unspecified atom stereocenters. The van der Waals surface area contributed by atoms with Gasteiger partial charge in [0.15, 0.2) is 5.78 Å². The fourth-order valence-corrected chi connectivity index (χ4v) is 4.00. The number of Topliss-reactive ketones (excluding diaryl/α,β-unsaturated/α-hetero) is 1. The minimum absolute atomic E-state index is 0.0885. The lowest BCUT2D eigenvalue weighted by atomic mass is 9.91. The second-order valence-electron chi connectivity index (χ2n) is 8.51. The van der Waals surface area contributed by atoms with E-state index in [-0.39, 0.29) is 31.2 Å². The standard InChI is InChI=1S/C23H27N3O5S/c1-23(2,3)18(27)14-26-17-11-13-32-20(17)21(29)25(22(26)30)12-5-6-19(28)24-15-7-9-16(31-4)10-8-15/h7-11,13H,5-6,12,14H2,1-4H3,(H,24,28). The van der Waals surface area contributed by atoms with E-state index in [2.05, 4.69) is 5.32 Å². The highest BCUT2D eigenvalue weighted by atomic mass is 32.1. The molecule has 9 heteroatoms. The Hall–Kier alpha value is -3.20. The van der Waals surface area contributed by atoms with Crippen molar-refractivity contribution in [3.63, 3.8) is 0 Å². The number of anilines is 1. The number of hydrogen-bond donors (Lipinski definition) is 1. The summed E-state index contributed by atoms with van der Waals surface area (Å²) in [4.78, 5) is 50.7. The van der Waals surface area contributed by atoms with Gasteiger partial charge in [0, 0.05) is 24.1 Å². The lowest BCUT2D eigenvalue weighted by Crippen LogP contribution is -2.42. The van der Waals surface area contributed by atoms with Crippen LogP contribution < -0.4 is 21.3 Å². The van der Waals surface area contributed by atoms with Gasteiger partial charge in [-0.2, -0.15) is 0 Å². The molecule has 0 aliphatic heterocycles. The highest BCUT2D eigenvalue weighted by molar-refractivity contribution is 7.17. The largest absolute Gasteiger partial charge is 0.497 e. The summed E-state index contributed by atoms with van der Waals surface area (Å²) in [6.07, 6.45) is 0.447. The van der Waals surface area contributed by atoms with Gasteiger partial charge in [-0.25, -0.2) is 4.79 Å². The number of ketones is 1. The maximum absolute atomic E-state index is 13.1. The summed E-state index contributed by atoms with van der Waals surface area (Å²) in [5, 5.41) is 4.51. The van der Waals surface area contributed by atoms with Crippen molar-refractivity contribution in [2.75, 3.05) is 12.4 Å². The van der Waals surface area contributed by atoms with Gasteiger partial charge < -0.3 is 10.1 Å². The van der Waals surface area contributed by atoms with E-state index in [0.717, 1.165) is 4.57 Å². The van der Waals surface area contributed by atoms with Gasteiger partial charge in [-0.1, -0.05) is 20.8 Å². The summed E-state index contributed by atoms with van der Waals surface area (Å²) < 4.78 is 8.00. The monoisotopic (exact) mass is 457 g/mol. The minimum Gasteiger partial charge on any atom is -0.497 e. The zero-order valence-corrected chi connectivity index (χ0v) is 19.5. The van der Waals surface area contributed by atoms with Crippen LogP contribution >= 0.6 is 11.3 Å². The van der Waals surface area contributed by atoms with Gasteiger partial charge in [0.05, 0.1) is 19.2 Å². The molecule has 0 fully saturated rings. The van der Waals surface area contributed by atoms with Crippen LogP contribution in [0.5, 0.6) is 5.75 Å². The molecule has 0 bridgehead atoms. The molecular weight excluding hydrogens is 430 g/mol. The second-order valence-corrected chi connectivity index (χ2v) is 9.43. The van der Waals surface area contributed by atoms with Gasteiger partial charge >= 0.3 is 5.69 Å². The Kier molecular flexibility index (Phi) is 6.98. The summed E-state index contributed by atoms with van der Waals surface area (Å²) in [6.45, 7) is 5.37. The van der Waals surface area contributed by atoms with Gasteiger partial charge in [-0.3, -0.25) is 23.5 Å². The fourth-order valence-electron chi connectivity index (χ4n) is 3.16. The highest BCUT2D eigenvalue weighted by Gasteiger charge is 2.24. The van der Waals surface area contributed by atoms with E-state index in [0.29, 0.717) is 28.1 Å². The molecule has 0 saturated heterocycles. The van der Waals surface area contributed by atoms with E-state index in [1.54, 1.807) is 63.6 Å². The van der Waals surface area contributed by atoms with Crippen LogP contribution in [0.2, 0.25) is 0 Å². The number of carbonyl (C=O) groups is 2. The van der Waals surface area contributed by atoms with Crippen molar-refractivity contribution in [1.82, 2.24) is 9.13 Å². The van der Waals surface area contributed by atoms with Gasteiger partial charge in [0.25, 0.3) is 5.56 Å². The maximum atomic E-state index is 13.1.